The molecule has 1 amide bonds. The summed E-state index contributed by atoms with van der Waals surface area (Å²) in [6.07, 6.45) is 0.783. The van der Waals surface area contributed by atoms with Crippen LogP contribution < -0.4 is 19.5 Å². The molecule has 0 aromatic heterocycles. The number of nitrogens with one attached hydrogen (secondary N) is 1. The highest BCUT2D eigenvalue weighted by Gasteiger charge is 2.13. The molecule has 0 saturated carbocycles. The van der Waals surface area contributed by atoms with E-state index in [2.05, 4.69) is 5.32 Å². The number of anilines is 1. The highest BCUT2D eigenvalue weighted by Crippen LogP contribution is 2.27. The molecule has 7 heteroatoms. The first-order chi connectivity index (χ1) is 12.5. The monoisotopic (exact) mass is 359 g/mol. The predicted molar refractivity (Wildman–Crippen MR) is 96.3 cm³/mol. The summed E-state index contributed by atoms with van der Waals surface area (Å²) >= 11 is 0. The maximum absolute atomic E-state index is 12.2. The second-order valence-corrected chi connectivity index (χ2v) is 5.35. The molecule has 0 bridgehead atoms. The molecular weight excluding hydrogens is 338 g/mol. The maximum atomic E-state index is 12.2. The third kappa shape index (κ3) is 5.14. The Morgan fingerprint density at radius 2 is 1.77 bits per heavy atom. The van der Waals surface area contributed by atoms with Crippen LogP contribution in [-0.2, 0) is 4.79 Å². The lowest BCUT2D eigenvalue weighted by Crippen LogP contribution is -2.21. The number of para-hydroxylation sites is 2. The van der Waals surface area contributed by atoms with Crippen molar-refractivity contribution in [2.45, 2.75) is 13.3 Å². The van der Waals surface area contributed by atoms with E-state index in [1.807, 2.05) is 6.92 Å². The zero-order valence-electron chi connectivity index (χ0n) is 14.7. The van der Waals surface area contributed by atoms with Crippen LogP contribution in [0.4, 0.5) is 5.69 Å². The van der Waals surface area contributed by atoms with Crippen LogP contribution in [0.25, 0.3) is 0 Å². The average molecular weight is 359 g/mol. The summed E-state index contributed by atoms with van der Waals surface area (Å²) in [5.74, 6) is -0.179. The molecule has 0 saturated heterocycles. The predicted octanol–water partition coefficient (Wildman–Crippen LogP) is 3.20. The first-order valence-corrected chi connectivity index (χ1v) is 8.11. The first kappa shape index (κ1) is 19.1. The molecular formula is C19H21NO6. The van der Waals surface area contributed by atoms with Crippen LogP contribution in [0.1, 0.15) is 23.7 Å². The molecule has 0 aliphatic rings. The van der Waals surface area contributed by atoms with Crippen LogP contribution >= 0.6 is 0 Å². The number of carboxylic acids is 1. The number of methoxy groups -OCH3 is 1. The van der Waals surface area contributed by atoms with E-state index in [0.29, 0.717) is 23.9 Å². The Bertz CT molecular complexity index is 774. The van der Waals surface area contributed by atoms with Gasteiger partial charge in [-0.3, -0.25) is 4.79 Å². The van der Waals surface area contributed by atoms with Gasteiger partial charge in [-0.2, -0.15) is 0 Å². The SMILES string of the molecule is CCCOc1ccc(C(=O)O)cc1NC(=O)COc1ccccc1OC. The van der Waals surface area contributed by atoms with Crippen LogP contribution in [0.5, 0.6) is 17.2 Å². The summed E-state index contributed by atoms with van der Waals surface area (Å²) in [4.78, 5) is 23.4. The largest absolute Gasteiger partial charge is 0.493 e. The van der Waals surface area contributed by atoms with Crippen LogP contribution in [0.2, 0.25) is 0 Å². The summed E-state index contributed by atoms with van der Waals surface area (Å²) in [5.41, 5.74) is 0.335. The third-order valence-electron chi connectivity index (χ3n) is 3.39. The van der Waals surface area contributed by atoms with Crippen molar-refractivity contribution in [3.63, 3.8) is 0 Å². The second kappa shape index (κ2) is 9.31. The molecule has 7 nitrogen and oxygen atoms in total. The number of carbonyl (C=O) groups excluding carboxylic acids is 1. The highest BCUT2D eigenvalue weighted by atomic mass is 16.5. The summed E-state index contributed by atoms with van der Waals surface area (Å²) in [6, 6.07) is 11.3. The minimum absolute atomic E-state index is 0.0507. The Labute approximate surface area is 151 Å². The van der Waals surface area contributed by atoms with Gasteiger partial charge in [-0.05, 0) is 36.8 Å². The van der Waals surface area contributed by atoms with Crippen molar-refractivity contribution in [1.82, 2.24) is 0 Å². The van der Waals surface area contributed by atoms with Gasteiger partial charge >= 0.3 is 5.97 Å². The number of hydrogen-bond acceptors (Lipinski definition) is 5. The van der Waals surface area contributed by atoms with Crippen molar-refractivity contribution in [2.75, 3.05) is 25.6 Å². The lowest BCUT2D eigenvalue weighted by molar-refractivity contribution is -0.118. The Morgan fingerprint density at radius 3 is 2.42 bits per heavy atom. The summed E-state index contributed by atoms with van der Waals surface area (Å²) in [5, 5.41) is 11.8. The number of carboxylic acid groups (broad SMARTS) is 1. The zero-order chi connectivity index (χ0) is 18.9. The quantitative estimate of drug-likeness (QED) is 0.714. The minimum atomic E-state index is -1.09. The fraction of sp³-hybridized carbons (Fsp3) is 0.263. The number of aromatic carboxylic acids is 1. The molecule has 0 radical (unpaired) electrons. The third-order valence-corrected chi connectivity index (χ3v) is 3.39. The Hall–Kier alpha value is -3.22. The molecule has 0 heterocycles. The maximum Gasteiger partial charge on any atom is 0.335 e. The molecule has 2 N–H and O–H groups in total. The first-order valence-electron chi connectivity index (χ1n) is 8.11. The van der Waals surface area contributed by atoms with Crippen molar-refractivity contribution < 1.29 is 28.9 Å². The fourth-order valence-electron chi connectivity index (χ4n) is 2.17. The number of hydrogen-bond donors (Lipinski definition) is 2. The van der Waals surface area contributed by atoms with Gasteiger partial charge in [-0.15, -0.1) is 0 Å². The highest BCUT2D eigenvalue weighted by molar-refractivity contribution is 5.96. The second-order valence-electron chi connectivity index (χ2n) is 5.35. The van der Waals surface area contributed by atoms with E-state index in [0.717, 1.165) is 6.42 Å². The summed E-state index contributed by atoms with van der Waals surface area (Å²) in [7, 11) is 1.51. The van der Waals surface area contributed by atoms with E-state index in [4.69, 9.17) is 19.3 Å². The van der Waals surface area contributed by atoms with Gasteiger partial charge in [0.2, 0.25) is 0 Å². The van der Waals surface area contributed by atoms with E-state index in [1.54, 1.807) is 24.3 Å². The summed E-state index contributed by atoms with van der Waals surface area (Å²) < 4.78 is 16.2. The van der Waals surface area contributed by atoms with Crippen molar-refractivity contribution in [3.8, 4) is 17.2 Å². The number of rotatable bonds is 9. The Morgan fingerprint density at radius 1 is 1.04 bits per heavy atom. The minimum Gasteiger partial charge on any atom is -0.493 e. The van der Waals surface area contributed by atoms with Crippen LogP contribution in [-0.4, -0.2) is 37.3 Å². The molecule has 26 heavy (non-hydrogen) atoms. The molecule has 2 aromatic carbocycles. The van der Waals surface area contributed by atoms with Crippen LogP contribution in [0, 0.1) is 0 Å². The van der Waals surface area contributed by atoms with E-state index in [-0.39, 0.29) is 17.9 Å². The topological polar surface area (TPSA) is 94.1 Å². The molecule has 2 aromatic rings. The molecule has 0 spiro atoms. The van der Waals surface area contributed by atoms with E-state index in [9.17, 15) is 9.59 Å². The van der Waals surface area contributed by atoms with Gasteiger partial charge in [-0.25, -0.2) is 4.79 Å². The van der Waals surface area contributed by atoms with Gasteiger partial charge in [0.25, 0.3) is 5.91 Å². The molecule has 2 rings (SSSR count). The normalized spacial score (nSPS) is 10.1. The molecule has 0 fully saturated rings. The van der Waals surface area contributed by atoms with E-state index >= 15 is 0 Å². The molecule has 0 unspecified atom stereocenters. The summed E-state index contributed by atoms with van der Waals surface area (Å²) in [6.45, 7) is 2.14. The molecule has 138 valence electrons. The number of amides is 1. The van der Waals surface area contributed by atoms with Gasteiger partial charge in [-0.1, -0.05) is 19.1 Å². The Kier molecular flexibility index (Phi) is 6.84. The number of carbonyl (C=O) groups is 2. The average Bonchev–Trinajstić information content (AvgIpc) is 2.65. The van der Waals surface area contributed by atoms with Gasteiger partial charge in [0.1, 0.15) is 5.75 Å². The van der Waals surface area contributed by atoms with E-state index < -0.39 is 11.9 Å². The standard InChI is InChI=1S/C19H21NO6/c1-3-10-25-15-9-8-13(19(22)23)11-14(15)20-18(21)12-26-17-7-5-4-6-16(17)24-2/h4-9,11H,3,10,12H2,1-2H3,(H,20,21)(H,22,23). The number of ether oxygens (including phenoxy) is 3. The lowest BCUT2D eigenvalue weighted by Gasteiger charge is -2.14. The van der Waals surface area contributed by atoms with Crippen LogP contribution in [0.15, 0.2) is 42.5 Å². The lowest BCUT2D eigenvalue weighted by atomic mass is 10.2. The van der Waals surface area contributed by atoms with Crippen molar-refractivity contribution in [1.29, 1.82) is 0 Å². The zero-order valence-corrected chi connectivity index (χ0v) is 14.7. The molecule has 0 atom stereocenters. The van der Waals surface area contributed by atoms with Crippen molar-refractivity contribution >= 4 is 17.6 Å². The van der Waals surface area contributed by atoms with Gasteiger partial charge < -0.3 is 24.6 Å². The van der Waals surface area contributed by atoms with Gasteiger partial charge in [0.05, 0.1) is 25.0 Å². The Balaban J connectivity index is 2.08. The molecule has 0 aliphatic carbocycles. The van der Waals surface area contributed by atoms with Crippen molar-refractivity contribution in [2.24, 2.45) is 0 Å². The van der Waals surface area contributed by atoms with Crippen LogP contribution in [0.3, 0.4) is 0 Å². The smallest absolute Gasteiger partial charge is 0.335 e. The number of benzene rings is 2. The van der Waals surface area contributed by atoms with Gasteiger partial charge in [0, 0.05) is 0 Å². The molecule has 0 aliphatic heterocycles. The van der Waals surface area contributed by atoms with E-state index in [1.165, 1.54) is 25.3 Å². The van der Waals surface area contributed by atoms with Crippen molar-refractivity contribution in [3.05, 3.63) is 48.0 Å². The van der Waals surface area contributed by atoms with Gasteiger partial charge in [0.15, 0.2) is 18.1 Å². The fourth-order valence-corrected chi connectivity index (χ4v) is 2.17.